The molecule has 13 nitrogen and oxygen atoms in total. The third-order valence-corrected chi connectivity index (χ3v) is 5.11. The van der Waals surface area contributed by atoms with Gasteiger partial charge in [-0.1, -0.05) is 6.92 Å². The number of aliphatic hydroxyl groups excluding tert-OH is 3. The van der Waals surface area contributed by atoms with Crippen LogP contribution in [0.25, 0.3) is 11.2 Å². The van der Waals surface area contributed by atoms with Crippen LogP contribution in [0.15, 0.2) is 11.1 Å². The Morgan fingerprint density at radius 3 is 2.63 bits per heavy atom. The van der Waals surface area contributed by atoms with E-state index in [2.05, 4.69) is 9.97 Å². The number of carboxylic acid groups (broad SMARTS) is 1. The van der Waals surface area contributed by atoms with Crippen LogP contribution >= 0.6 is 0 Å². The van der Waals surface area contributed by atoms with Crippen molar-refractivity contribution in [3.63, 3.8) is 0 Å². The number of carbonyl (C=O) groups is 2. The lowest BCUT2D eigenvalue weighted by atomic mass is 10.0. The molecular weight excluding hydrogens is 402 g/mol. The molecule has 0 amide bonds. The molecule has 0 aromatic carbocycles. The summed E-state index contributed by atoms with van der Waals surface area (Å²) >= 11 is 0. The van der Waals surface area contributed by atoms with Gasteiger partial charge in [0.2, 0.25) is 11.9 Å². The fourth-order valence-electron chi connectivity index (χ4n) is 3.32. The number of ether oxygens (including phenoxy) is 1. The van der Waals surface area contributed by atoms with Gasteiger partial charge >= 0.3 is 5.97 Å². The second-order valence-electron chi connectivity index (χ2n) is 7.19. The van der Waals surface area contributed by atoms with E-state index in [0.717, 1.165) is 6.33 Å². The van der Waals surface area contributed by atoms with E-state index in [9.17, 15) is 29.7 Å². The molecule has 1 fully saturated rings. The number of nitrogen functional groups attached to an aromatic ring is 1. The van der Waals surface area contributed by atoms with Crippen molar-refractivity contribution in [1.29, 1.82) is 0 Å². The second-order valence-corrected chi connectivity index (χ2v) is 7.19. The van der Waals surface area contributed by atoms with Crippen molar-refractivity contribution >= 4 is 29.0 Å². The number of hydrogen-bond donors (Lipinski definition) is 5. The summed E-state index contributed by atoms with van der Waals surface area (Å²) in [6.45, 7) is 0.990. The number of nitrogens with zero attached hydrogens (tertiary/aromatic N) is 4. The molecule has 2 aromatic rings. The molecule has 0 spiro atoms. The molecule has 3 rings (SSSR count). The van der Waals surface area contributed by atoms with Crippen LogP contribution in [0, 0.1) is 5.92 Å². The number of carbonyl (C=O) groups excluding carboxylic acids is 1. The topological polar surface area (TPSA) is 203 Å². The van der Waals surface area contributed by atoms with E-state index in [1.807, 2.05) is 0 Å². The zero-order valence-electron chi connectivity index (χ0n) is 16.1. The molecule has 3 heterocycles. The maximum Gasteiger partial charge on any atom is 0.306 e. The fraction of sp³-hybridized carbons (Fsp3) is 0.588. The normalized spacial score (nSPS) is 24.9. The molecule has 1 unspecified atom stereocenters. The fourth-order valence-corrected chi connectivity index (χ4v) is 3.32. The summed E-state index contributed by atoms with van der Waals surface area (Å²) in [5.41, 5.74) is 4.73. The lowest BCUT2D eigenvalue weighted by molar-refractivity contribution is -0.141. The number of anilines is 1. The smallest absolute Gasteiger partial charge is 0.306 e. The van der Waals surface area contributed by atoms with Gasteiger partial charge < -0.3 is 30.9 Å². The molecule has 164 valence electrons. The Labute approximate surface area is 169 Å². The van der Waals surface area contributed by atoms with Crippen molar-refractivity contribution in [3.05, 3.63) is 16.7 Å². The lowest BCUT2D eigenvalue weighted by Crippen LogP contribution is -2.33. The minimum absolute atomic E-state index is 0.0594. The van der Waals surface area contributed by atoms with Crippen LogP contribution in [-0.4, -0.2) is 76.3 Å². The molecule has 0 aliphatic carbocycles. The van der Waals surface area contributed by atoms with Crippen molar-refractivity contribution in [2.24, 2.45) is 5.92 Å². The van der Waals surface area contributed by atoms with Gasteiger partial charge in [-0.3, -0.25) is 19.0 Å². The van der Waals surface area contributed by atoms with Gasteiger partial charge in [-0.2, -0.15) is 4.98 Å². The molecule has 1 saturated heterocycles. The highest BCUT2D eigenvalue weighted by molar-refractivity contribution is 5.84. The van der Waals surface area contributed by atoms with E-state index in [1.165, 1.54) is 11.5 Å². The number of rotatable bonds is 7. The van der Waals surface area contributed by atoms with Crippen LogP contribution in [0.5, 0.6) is 0 Å². The highest BCUT2D eigenvalue weighted by atomic mass is 16.6. The third kappa shape index (κ3) is 3.79. The summed E-state index contributed by atoms with van der Waals surface area (Å²) in [5, 5.41) is 38.2. The number of aromatic nitrogens is 4. The van der Waals surface area contributed by atoms with Gasteiger partial charge in [-0.25, -0.2) is 9.55 Å². The largest absolute Gasteiger partial charge is 0.481 e. The molecule has 1 aliphatic heterocycles. The predicted octanol–water partition coefficient (Wildman–Crippen LogP) is -1.68. The Balaban J connectivity index is 1.88. The van der Waals surface area contributed by atoms with E-state index in [0.29, 0.717) is 4.57 Å². The molecule has 30 heavy (non-hydrogen) atoms. The van der Waals surface area contributed by atoms with Crippen LogP contribution < -0.4 is 11.3 Å². The third-order valence-electron chi connectivity index (χ3n) is 5.11. The number of aliphatic hydroxyl groups is 3. The van der Waals surface area contributed by atoms with Gasteiger partial charge in [0.25, 0.3) is 5.56 Å². The zero-order chi connectivity index (χ0) is 22.2. The minimum Gasteiger partial charge on any atom is -0.481 e. The van der Waals surface area contributed by atoms with Crippen molar-refractivity contribution in [2.75, 3.05) is 12.3 Å². The second kappa shape index (κ2) is 8.47. The summed E-state index contributed by atoms with van der Waals surface area (Å²) in [6.07, 6.45) is -3.43. The van der Waals surface area contributed by atoms with Crippen molar-refractivity contribution in [3.8, 4) is 0 Å². The average Bonchev–Trinajstić information content (AvgIpc) is 3.23. The number of fused-ring (bicyclic) bond motifs is 1. The van der Waals surface area contributed by atoms with Crippen LogP contribution in [0.4, 0.5) is 5.95 Å². The summed E-state index contributed by atoms with van der Waals surface area (Å²) in [4.78, 5) is 44.0. The first-order valence-corrected chi connectivity index (χ1v) is 9.30. The first kappa shape index (κ1) is 21.8. The van der Waals surface area contributed by atoms with Crippen LogP contribution in [0.3, 0.4) is 0 Å². The molecule has 0 bridgehead atoms. The average molecular weight is 425 g/mol. The maximum absolute atomic E-state index is 12.8. The predicted molar refractivity (Wildman–Crippen MR) is 100 cm³/mol. The molecule has 6 N–H and O–H groups in total. The van der Waals surface area contributed by atoms with Gasteiger partial charge in [0.1, 0.15) is 18.3 Å². The summed E-state index contributed by atoms with van der Waals surface area (Å²) in [6, 6.07) is 0. The Bertz CT molecular complexity index is 1020. The number of imidazole rings is 1. The summed E-state index contributed by atoms with van der Waals surface area (Å²) in [7, 11) is 0. The molecule has 13 heteroatoms. The Hall–Kier alpha value is -2.87. The molecule has 2 aromatic heterocycles. The summed E-state index contributed by atoms with van der Waals surface area (Å²) < 4.78 is 7.27. The Morgan fingerprint density at radius 2 is 2.03 bits per heavy atom. The van der Waals surface area contributed by atoms with Crippen molar-refractivity contribution in [2.45, 2.75) is 50.7 Å². The van der Waals surface area contributed by atoms with Crippen molar-refractivity contribution in [1.82, 2.24) is 19.1 Å². The van der Waals surface area contributed by atoms with E-state index in [-0.39, 0.29) is 30.4 Å². The number of carboxylic acids is 1. The number of nitrogens with two attached hydrogens (primary N) is 1. The minimum atomic E-state index is -1.41. The van der Waals surface area contributed by atoms with Crippen LogP contribution in [0.1, 0.15) is 37.2 Å². The molecular formula is C17H23N5O8. The summed E-state index contributed by atoms with van der Waals surface area (Å²) in [5.74, 6) is -2.65. The molecule has 0 saturated carbocycles. The maximum atomic E-state index is 12.8. The molecule has 5 atom stereocenters. The Morgan fingerprint density at radius 1 is 1.33 bits per heavy atom. The van der Waals surface area contributed by atoms with E-state index < -0.39 is 60.4 Å². The highest BCUT2D eigenvalue weighted by Gasteiger charge is 2.44. The van der Waals surface area contributed by atoms with Crippen LogP contribution in [0.2, 0.25) is 0 Å². The van der Waals surface area contributed by atoms with Crippen LogP contribution in [-0.2, 0) is 9.53 Å². The van der Waals surface area contributed by atoms with E-state index in [4.69, 9.17) is 15.6 Å². The van der Waals surface area contributed by atoms with Gasteiger partial charge in [0.15, 0.2) is 17.4 Å². The van der Waals surface area contributed by atoms with E-state index in [1.54, 1.807) is 0 Å². The lowest BCUT2D eigenvalue weighted by Gasteiger charge is -2.17. The first-order valence-electron chi connectivity index (χ1n) is 9.30. The zero-order valence-corrected chi connectivity index (χ0v) is 16.1. The SMILES string of the molecule is CC(CCCC(=O)n1c(N)nc2c(ncn2[C@@H]2O[C@H](CO)[C@@H](O)[C@H]2O)c1=O)C(=O)O. The number of hydrogen-bond acceptors (Lipinski definition) is 10. The molecule has 1 aliphatic rings. The van der Waals surface area contributed by atoms with Gasteiger partial charge in [-0.15, -0.1) is 0 Å². The van der Waals surface area contributed by atoms with Gasteiger partial charge in [-0.05, 0) is 12.8 Å². The first-order chi connectivity index (χ1) is 14.2. The van der Waals surface area contributed by atoms with Gasteiger partial charge in [0.05, 0.1) is 18.9 Å². The number of aliphatic carboxylic acids is 1. The standard InChI is InChI=1S/C17H23N5O8/c1-7(16(28)29)3-2-4-9(24)22-14(27)10-13(20-17(22)18)21(6-19-10)15-12(26)11(25)8(5-23)30-15/h6-8,11-12,15,23,25-26H,2-5H2,1H3,(H2,18,20)(H,28,29)/t7?,8-,11-,12-,15-/m1/s1. The highest BCUT2D eigenvalue weighted by Crippen LogP contribution is 2.30. The van der Waals surface area contributed by atoms with Gasteiger partial charge in [0, 0.05) is 6.42 Å². The monoisotopic (exact) mass is 425 g/mol. The molecule has 0 radical (unpaired) electrons. The van der Waals surface area contributed by atoms with E-state index >= 15 is 0 Å². The quantitative estimate of drug-likeness (QED) is 0.339. The Kier molecular flexibility index (Phi) is 6.17. The van der Waals surface area contributed by atoms with Crippen molar-refractivity contribution < 1.29 is 34.8 Å².